The molecule has 0 bridgehead atoms. The predicted molar refractivity (Wildman–Crippen MR) is 517 cm³/mol. The molecule has 3 radical (unpaired) electrons. The van der Waals surface area contributed by atoms with Crippen LogP contribution in [-0.4, -0.2) is 54.1 Å². The van der Waals surface area contributed by atoms with E-state index in [-0.39, 0.29) is 84.5 Å². The Morgan fingerprint density at radius 3 is 1.05 bits per heavy atom. The normalized spacial score (nSPS) is 11.5. The Balaban J connectivity index is 0.000000193. The Bertz CT molecular complexity index is 5920. The van der Waals surface area contributed by atoms with Crippen molar-refractivity contribution in [2.45, 2.75) is 132 Å². The van der Waals surface area contributed by atoms with E-state index in [0.717, 1.165) is 62.7 Å². The smallest absolute Gasteiger partial charge is 0.0859 e. The van der Waals surface area contributed by atoms with Gasteiger partial charge in [-0.15, -0.1) is 215 Å². The summed E-state index contributed by atoms with van der Waals surface area (Å²) >= 11 is 0. The van der Waals surface area contributed by atoms with Gasteiger partial charge in [0.15, 0.2) is 0 Å². The van der Waals surface area contributed by atoms with E-state index in [1.807, 2.05) is 146 Å². The molecule has 0 saturated heterocycles. The second-order valence-electron chi connectivity index (χ2n) is 34.4. The van der Waals surface area contributed by atoms with Crippen LogP contribution in [0.25, 0.3) is 112 Å². The number of nitrogens with zero attached hydrogens (tertiary/aromatic N) is 6. The first-order valence-corrected chi connectivity index (χ1v) is 50.7. The van der Waals surface area contributed by atoms with Gasteiger partial charge in [-0.3, -0.25) is 0 Å². The molecule has 0 atom stereocenters. The summed E-state index contributed by atoms with van der Waals surface area (Å²) in [5.74, 6) is 0.593. The second-order valence-corrected chi connectivity index (χ2v) is 50.2. The van der Waals surface area contributed by atoms with Crippen molar-refractivity contribution in [1.82, 2.24) is 29.9 Å². The first-order valence-electron chi connectivity index (χ1n) is 43.2. The molecule has 0 aliphatic heterocycles. The summed E-state index contributed by atoms with van der Waals surface area (Å²) in [6.07, 6.45) is 12.2. The van der Waals surface area contributed by atoms with Crippen molar-refractivity contribution in [3.8, 4) is 112 Å². The maximum absolute atomic E-state index is 7.71. The number of aromatic nitrogens is 6. The molecule has 16 aromatic rings. The molecule has 0 saturated carbocycles. The Labute approximate surface area is 783 Å². The fourth-order valence-corrected chi connectivity index (χ4v) is 18.1. The fourth-order valence-electron chi connectivity index (χ4n) is 13.2. The molecule has 6 aromatic heterocycles. The maximum Gasteiger partial charge on any atom is 0.0859 e. The summed E-state index contributed by atoms with van der Waals surface area (Å²) in [7, 11) is -4.29. The van der Waals surface area contributed by atoms with Gasteiger partial charge in [0.1, 0.15) is 0 Å². The first-order chi connectivity index (χ1) is 59.2. The molecule has 10 aromatic carbocycles. The van der Waals surface area contributed by atoms with Crippen LogP contribution in [0.15, 0.2) is 353 Å². The molecule has 0 fully saturated rings. The molecule has 0 amide bonds. The number of benzene rings is 10. The maximum atomic E-state index is 7.71. The Hall–Kier alpha value is -10.3. The van der Waals surface area contributed by atoms with E-state index in [9.17, 15) is 0 Å². The second kappa shape index (κ2) is 46.4. The minimum Gasteiger partial charge on any atom is -0.305 e. The van der Waals surface area contributed by atoms with Crippen molar-refractivity contribution in [1.29, 1.82) is 0 Å². The van der Waals surface area contributed by atoms with Crippen LogP contribution in [-0.2, 0) is 66.7 Å². The van der Waals surface area contributed by atoms with Crippen molar-refractivity contribution >= 4 is 39.8 Å². The molecule has 12 heteroatoms. The average Bonchev–Trinajstić information content (AvgIpc) is 0.791. The summed E-state index contributed by atoms with van der Waals surface area (Å²) < 4.78 is 30.1. The largest absolute Gasteiger partial charge is 0.305 e. The van der Waals surface area contributed by atoms with Gasteiger partial charge in [-0.2, -0.15) is 0 Å². The third-order valence-corrected chi connectivity index (χ3v) is 35.5. The van der Waals surface area contributed by atoms with Crippen LogP contribution >= 0.6 is 0 Å². The topological polar surface area (TPSA) is 77.3 Å². The third-order valence-electron chi connectivity index (χ3n) is 22.4. The summed E-state index contributed by atoms with van der Waals surface area (Å²) in [6, 6.07) is 117. The van der Waals surface area contributed by atoms with Crippen LogP contribution in [0.1, 0.15) is 77.6 Å². The van der Waals surface area contributed by atoms with Gasteiger partial charge in [-0.25, -0.2) is 0 Å². The zero-order chi connectivity index (χ0) is 88.8. The van der Waals surface area contributed by atoms with Gasteiger partial charge in [0.05, 0.1) is 24.2 Å². The van der Waals surface area contributed by atoms with Crippen molar-refractivity contribution < 1.29 is 65.8 Å². The van der Waals surface area contributed by atoms with Crippen LogP contribution in [0.5, 0.6) is 0 Å². The Morgan fingerprint density at radius 2 is 0.675 bits per heavy atom. The number of rotatable bonds is 15. The van der Waals surface area contributed by atoms with Gasteiger partial charge in [-0.1, -0.05) is 275 Å². The molecule has 0 unspecified atom stereocenters. The third kappa shape index (κ3) is 27.6. The number of pyridine rings is 6. The van der Waals surface area contributed by atoms with Crippen molar-refractivity contribution in [2.75, 3.05) is 0 Å². The van der Waals surface area contributed by atoms with Gasteiger partial charge in [0.25, 0.3) is 0 Å². The quantitative estimate of drug-likeness (QED) is 0.0752. The summed E-state index contributed by atoms with van der Waals surface area (Å²) in [5, 5.41) is 5.19. The van der Waals surface area contributed by atoms with Crippen LogP contribution in [0.4, 0.5) is 0 Å². The van der Waals surface area contributed by atoms with Crippen molar-refractivity contribution in [3.63, 3.8) is 0 Å². The van der Waals surface area contributed by atoms with Gasteiger partial charge >= 0.3 is 0 Å². The molecule has 0 N–H and O–H groups in total. The molecule has 123 heavy (non-hydrogen) atoms. The van der Waals surface area contributed by atoms with E-state index in [4.69, 9.17) is 15.5 Å². The van der Waals surface area contributed by atoms with E-state index >= 15 is 0 Å². The number of hydrogen-bond acceptors (Lipinski definition) is 6. The van der Waals surface area contributed by atoms with Crippen LogP contribution in [0, 0.1) is 56.2 Å². The summed E-state index contributed by atoms with van der Waals surface area (Å²) in [6.45, 7) is 40.1. The monoisotopic (exact) mass is 2200 g/mol. The van der Waals surface area contributed by atoms with Gasteiger partial charge < -0.3 is 29.9 Å². The van der Waals surface area contributed by atoms with E-state index in [0.29, 0.717) is 27.3 Å². The molecule has 6 nitrogen and oxygen atoms in total. The predicted octanol–water partition coefficient (Wildman–Crippen LogP) is 27.7. The van der Waals surface area contributed by atoms with Crippen LogP contribution < -0.4 is 15.6 Å². The molecule has 6 heterocycles. The number of aryl methyl sites for hydroxylation is 2. The SMILES string of the molecule is CC(C)Cc1cc(-c2[c-]cccc2)ncc1-c1ccc([Si](C)(C)C(C)(C)C)cc1.Cc1cc(-c2[c-]ccc(-c3ccccc3)c2)ncc1-c1ccc([Si](C)(C)C)cc1.Cc1cc(-c2[c-]cccc2)ncc1-c1ccc([Si](C)(C)C(C)(C)C)cc1.[2H]c1[c-]c(-c2ccccn2)c([2H])c([2H])c1[2H].[Ir].[Ir].[Ir].[c-]1ccccc1-c1ccccn1.[c-]1ccccc1-c1ccccn1. The summed E-state index contributed by atoms with van der Waals surface area (Å²) in [4.78, 5) is 26.7. The fraction of sp³-hybridized carbons (Fsp3) is 0.189. The molecular weight excluding hydrogens is 2080 g/mol. The molecule has 631 valence electrons. The average molecular weight is 2200 g/mol. The molecule has 0 aliphatic carbocycles. The Kier molecular flexibility index (Phi) is 34.7. The molecular formula is C111H112Ir3N6Si3-6. The van der Waals surface area contributed by atoms with Crippen LogP contribution in [0.3, 0.4) is 0 Å². The van der Waals surface area contributed by atoms with E-state index in [1.165, 1.54) is 76.8 Å². The first kappa shape index (κ1) is 91.9. The van der Waals surface area contributed by atoms with Crippen molar-refractivity contribution in [3.05, 3.63) is 406 Å². The van der Waals surface area contributed by atoms with Gasteiger partial charge in [0.2, 0.25) is 0 Å². The summed E-state index contributed by atoms with van der Waals surface area (Å²) in [5.41, 5.74) is 24.5. The number of hydrogen-bond donors (Lipinski definition) is 0. The van der Waals surface area contributed by atoms with Gasteiger partial charge in [-0.05, 0) is 130 Å². The van der Waals surface area contributed by atoms with E-state index in [1.54, 1.807) is 36.8 Å². The minimum atomic E-state index is -1.52. The minimum absolute atomic E-state index is 0. The van der Waals surface area contributed by atoms with Crippen LogP contribution in [0.2, 0.25) is 55.9 Å². The molecule has 0 aliphatic rings. The standard InChI is InChI=1S/C27H26NSi.C27H34NSi.C24H28NSi.3C11H8N.3Ir/c1-20-17-27(24-12-8-11-23(18-24)21-9-6-5-7-10-21)28-19-26(20)22-13-15-25(16-14-22)29(2,3)4;1-20(2)17-23-18-26(22-11-9-8-10-12-22)28-19-25(23)21-13-15-24(16-14-21)29(6,7)27(3,4)5;1-18-16-23(20-10-8-7-9-11-20)25-17-22(18)19-12-14-21(15-13-19)26(5,6)24(2,3)4;3*1-2-6-10(7-3-1)11-8-4-5-9-12-11;;;/h5-11,13-19H,1-4H3;8-11,13-16,18-20H,17H2,1-7H3;7-10,12-17H,1-6H3;3*1-6,8-9H;;;/q6*-1;;;/i;;;1D,2D,3D,6D;;;;;. The van der Waals surface area contributed by atoms with Gasteiger partial charge in [0, 0.05) is 117 Å². The Morgan fingerprint density at radius 1 is 0.317 bits per heavy atom. The zero-order valence-corrected chi connectivity index (χ0v) is 83.8. The van der Waals surface area contributed by atoms with Crippen molar-refractivity contribution in [2.24, 2.45) is 5.92 Å². The van der Waals surface area contributed by atoms with E-state index in [2.05, 4.69) is 317 Å². The zero-order valence-electron chi connectivity index (χ0n) is 77.6. The molecule has 16 rings (SSSR count). The molecule has 0 spiro atoms. The van der Waals surface area contributed by atoms with E-state index < -0.39 is 24.2 Å².